The average Bonchev–Trinajstić information content (AvgIpc) is 2.35. The maximum absolute atomic E-state index is 10.6. The minimum Gasteiger partial charge on any atom is -1.00 e. The molecule has 4 nitrogen and oxygen atoms in total. The molecule has 0 saturated carbocycles. The SMILES string of the molecule is Cc1ccc2ccccc2[n+]1CCCCS(=O)(=O)[O-].[I-].[Na+]. The van der Waals surface area contributed by atoms with Gasteiger partial charge in [-0.2, -0.15) is 4.57 Å². The summed E-state index contributed by atoms with van der Waals surface area (Å²) in [5, 5.41) is 1.16. The minimum absolute atomic E-state index is 0. The third kappa shape index (κ3) is 6.50. The van der Waals surface area contributed by atoms with Gasteiger partial charge >= 0.3 is 29.6 Å². The monoisotopic (exact) mass is 429 g/mol. The van der Waals surface area contributed by atoms with Gasteiger partial charge in [0.2, 0.25) is 5.52 Å². The summed E-state index contributed by atoms with van der Waals surface area (Å²) in [6.07, 6.45) is 1.09. The Hall–Kier alpha value is 0.270. The van der Waals surface area contributed by atoms with Crippen molar-refractivity contribution in [3.63, 3.8) is 0 Å². The van der Waals surface area contributed by atoms with Gasteiger partial charge in [-0.15, -0.1) is 0 Å². The van der Waals surface area contributed by atoms with E-state index in [1.807, 2.05) is 37.3 Å². The summed E-state index contributed by atoms with van der Waals surface area (Å²) in [7, 11) is -4.09. The molecule has 1 aromatic carbocycles. The fourth-order valence-corrected chi connectivity index (χ4v) is 2.77. The van der Waals surface area contributed by atoms with Gasteiger partial charge in [0.25, 0.3) is 0 Å². The van der Waals surface area contributed by atoms with Gasteiger partial charge in [0.05, 0.1) is 10.1 Å². The molecule has 0 spiro atoms. The average molecular weight is 429 g/mol. The molecule has 0 bridgehead atoms. The molecule has 0 fully saturated rings. The standard InChI is InChI=1S/C14H17NO3S.HI.Na/c1-12-8-9-13-6-2-3-7-14(13)15(12)10-4-5-11-19(16,17)18;;/h2-3,6-9H,4-5,10-11H2,1H3;1H;/q;;+1/p-1. The number of hydrogen-bond donors (Lipinski definition) is 0. The maximum Gasteiger partial charge on any atom is 1.00 e. The van der Waals surface area contributed by atoms with Crippen LogP contribution in [0, 0.1) is 6.92 Å². The quantitative estimate of drug-likeness (QED) is 0.159. The van der Waals surface area contributed by atoms with Gasteiger partial charge in [-0.25, -0.2) is 8.42 Å². The van der Waals surface area contributed by atoms with Crippen molar-refractivity contribution in [1.82, 2.24) is 0 Å². The van der Waals surface area contributed by atoms with Gasteiger partial charge in [0, 0.05) is 36.6 Å². The molecular formula is C14H17INNaO3S. The summed E-state index contributed by atoms with van der Waals surface area (Å²) in [6.45, 7) is 2.75. The van der Waals surface area contributed by atoms with Crippen molar-refractivity contribution in [2.45, 2.75) is 26.3 Å². The summed E-state index contributed by atoms with van der Waals surface area (Å²) in [5.74, 6) is -0.280. The predicted molar refractivity (Wildman–Crippen MR) is 72.7 cm³/mol. The van der Waals surface area contributed by atoms with Crippen LogP contribution in [0.4, 0.5) is 0 Å². The van der Waals surface area contributed by atoms with Crippen molar-refractivity contribution in [2.75, 3.05) is 5.75 Å². The molecule has 0 saturated heterocycles. The Balaban J connectivity index is 0.00000200. The number of aromatic nitrogens is 1. The Morgan fingerprint density at radius 1 is 1.10 bits per heavy atom. The molecule has 0 aliphatic heterocycles. The van der Waals surface area contributed by atoms with Gasteiger partial charge in [-0.3, -0.25) is 0 Å². The number of benzene rings is 1. The van der Waals surface area contributed by atoms with E-state index in [1.54, 1.807) is 0 Å². The van der Waals surface area contributed by atoms with Crippen LogP contribution in [0.1, 0.15) is 18.5 Å². The molecule has 0 aliphatic carbocycles. The molecule has 0 aliphatic rings. The van der Waals surface area contributed by atoms with Gasteiger partial charge in [-0.05, 0) is 18.6 Å². The Labute approximate surface area is 165 Å². The molecule has 21 heavy (non-hydrogen) atoms. The van der Waals surface area contributed by atoms with E-state index in [4.69, 9.17) is 0 Å². The minimum atomic E-state index is -4.09. The number of fused-ring (bicyclic) bond motifs is 1. The first kappa shape index (κ1) is 21.3. The Kier molecular flexibility index (Phi) is 9.54. The van der Waals surface area contributed by atoms with Gasteiger partial charge in [-0.1, -0.05) is 12.1 Å². The first-order valence-corrected chi connectivity index (χ1v) is 7.87. The molecule has 110 valence electrons. The van der Waals surface area contributed by atoms with E-state index in [9.17, 15) is 13.0 Å². The van der Waals surface area contributed by atoms with Gasteiger partial charge in [0.15, 0.2) is 5.69 Å². The number of unbranched alkanes of at least 4 members (excludes halogenated alkanes) is 1. The summed E-state index contributed by atoms with van der Waals surface area (Å²) in [5.41, 5.74) is 2.26. The Morgan fingerprint density at radius 2 is 1.76 bits per heavy atom. The fraction of sp³-hybridized carbons (Fsp3) is 0.357. The van der Waals surface area contributed by atoms with Crippen LogP contribution in [-0.4, -0.2) is 18.7 Å². The van der Waals surface area contributed by atoms with Crippen LogP contribution in [-0.2, 0) is 16.7 Å². The predicted octanol–water partition coefficient (Wildman–Crippen LogP) is -4.23. The van der Waals surface area contributed by atoms with E-state index in [1.165, 1.54) is 0 Å². The van der Waals surface area contributed by atoms with Gasteiger partial charge < -0.3 is 28.5 Å². The van der Waals surface area contributed by atoms with Crippen molar-refractivity contribution in [1.29, 1.82) is 0 Å². The first-order valence-electron chi connectivity index (χ1n) is 6.29. The Morgan fingerprint density at radius 3 is 2.43 bits per heavy atom. The topological polar surface area (TPSA) is 61.1 Å². The zero-order valence-corrected chi connectivity index (χ0v) is 17.2. The smallest absolute Gasteiger partial charge is 1.00 e. The Bertz CT molecular complexity index is 692. The summed E-state index contributed by atoms with van der Waals surface area (Å²) >= 11 is 0. The fourth-order valence-electron chi connectivity index (χ4n) is 2.21. The van der Waals surface area contributed by atoms with Crippen LogP contribution in [0.3, 0.4) is 0 Å². The number of halogens is 1. The van der Waals surface area contributed by atoms with Crippen molar-refractivity contribution in [3.05, 3.63) is 42.1 Å². The third-order valence-electron chi connectivity index (χ3n) is 3.18. The summed E-state index contributed by atoms with van der Waals surface area (Å²) in [4.78, 5) is 0. The van der Waals surface area contributed by atoms with E-state index in [0.29, 0.717) is 12.8 Å². The van der Waals surface area contributed by atoms with Crippen LogP contribution in [0.5, 0.6) is 0 Å². The van der Waals surface area contributed by atoms with Crippen LogP contribution in [0.15, 0.2) is 36.4 Å². The molecule has 0 N–H and O–H groups in total. The van der Waals surface area contributed by atoms with E-state index < -0.39 is 10.1 Å². The van der Waals surface area contributed by atoms with Crippen LogP contribution in [0.2, 0.25) is 0 Å². The molecule has 7 heteroatoms. The van der Waals surface area contributed by atoms with E-state index in [2.05, 4.69) is 10.6 Å². The zero-order valence-electron chi connectivity index (χ0n) is 12.3. The normalized spacial score (nSPS) is 10.8. The second-order valence-corrected chi connectivity index (χ2v) is 6.18. The molecule has 0 radical (unpaired) electrons. The molecule has 0 amide bonds. The molecular weight excluding hydrogens is 412 g/mol. The van der Waals surface area contributed by atoms with Gasteiger partial charge in [0.1, 0.15) is 6.54 Å². The molecule has 2 rings (SSSR count). The van der Waals surface area contributed by atoms with Crippen molar-refractivity contribution < 1.29 is 71.1 Å². The van der Waals surface area contributed by atoms with Crippen molar-refractivity contribution in [2.24, 2.45) is 0 Å². The van der Waals surface area contributed by atoms with E-state index >= 15 is 0 Å². The van der Waals surface area contributed by atoms with Crippen LogP contribution < -0.4 is 58.1 Å². The van der Waals surface area contributed by atoms with Crippen LogP contribution in [0.25, 0.3) is 10.9 Å². The van der Waals surface area contributed by atoms with Crippen molar-refractivity contribution in [3.8, 4) is 0 Å². The number of aryl methyl sites for hydroxylation is 2. The number of pyridine rings is 1. The van der Waals surface area contributed by atoms with Crippen LogP contribution >= 0.6 is 0 Å². The summed E-state index contributed by atoms with van der Waals surface area (Å²) < 4.78 is 33.8. The number of nitrogens with zero attached hydrogens (tertiary/aromatic N) is 1. The number of hydrogen-bond acceptors (Lipinski definition) is 3. The van der Waals surface area contributed by atoms with E-state index in [-0.39, 0.29) is 59.3 Å². The van der Waals surface area contributed by atoms with Crippen molar-refractivity contribution >= 4 is 21.0 Å². The molecule has 0 unspecified atom stereocenters. The maximum atomic E-state index is 10.6. The third-order valence-corrected chi connectivity index (χ3v) is 3.97. The second kappa shape index (κ2) is 9.42. The van der Waals surface area contributed by atoms with E-state index in [0.717, 1.165) is 23.1 Å². The molecule has 1 aromatic heterocycles. The molecule has 1 heterocycles. The number of para-hydroxylation sites is 1. The molecule has 2 aromatic rings. The largest absolute Gasteiger partial charge is 1.00 e. The summed E-state index contributed by atoms with van der Waals surface area (Å²) in [6, 6.07) is 12.2. The zero-order chi connectivity index (χ0) is 13.9. The first-order chi connectivity index (χ1) is 8.97. The number of rotatable bonds is 5. The molecule has 0 atom stereocenters. The second-order valence-electron chi connectivity index (χ2n) is 4.65.